The van der Waals surface area contributed by atoms with E-state index in [1.165, 1.54) is 0 Å². The first-order valence-electron chi connectivity index (χ1n) is 5.19. The summed E-state index contributed by atoms with van der Waals surface area (Å²) in [6.45, 7) is 3.46. The molecule has 5 heteroatoms. The monoisotopic (exact) mass is 236 g/mol. The van der Waals surface area contributed by atoms with Crippen molar-refractivity contribution in [2.75, 3.05) is 18.0 Å². The van der Waals surface area contributed by atoms with Crippen LogP contribution < -0.4 is 10.6 Å². The van der Waals surface area contributed by atoms with Gasteiger partial charge in [-0.1, -0.05) is 11.6 Å². The fourth-order valence-electron chi connectivity index (χ4n) is 1.88. The van der Waals surface area contributed by atoms with Crippen LogP contribution in [0, 0.1) is 18.3 Å². The van der Waals surface area contributed by atoms with Gasteiger partial charge in [0.15, 0.2) is 0 Å². The number of aromatic nitrogens is 1. The molecule has 0 bridgehead atoms. The van der Waals surface area contributed by atoms with Crippen LogP contribution in [-0.4, -0.2) is 24.1 Å². The maximum absolute atomic E-state index is 8.86. The lowest BCUT2D eigenvalue weighted by atomic mass is 10.2. The van der Waals surface area contributed by atoms with E-state index < -0.39 is 0 Å². The number of hydrogen-bond donors (Lipinski definition) is 1. The van der Waals surface area contributed by atoms with Crippen LogP contribution in [0.3, 0.4) is 0 Å². The van der Waals surface area contributed by atoms with Gasteiger partial charge in [0.1, 0.15) is 11.9 Å². The second-order valence-electron chi connectivity index (χ2n) is 4.03. The summed E-state index contributed by atoms with van der Waals surface area (Å²) in [5, 5.41) is 9.38. The van der Waals surface area contributed by atoms with Crippen LogP contribution in [0.15, 0.2) is 6.07 Å². The maximum Gasteiger partial charge on any atom is 0.147 e. The molecule has 0 unspecified atom stereocenters. The highest BCUT2D eigenvalue weighted by atomic mass is 35.5. The molecule has 0 radical (unpaired) electrons. The van der Waals surface area contributed by atoms with Crippen LogP contribution in [0.2, 0.25) is 5.02 Å². The largest absolute Gasteiger partial charge is 0.354 e. The first kappa shape index (κ1) is 11.2. The Labute approximate surface area is 99.6 Å². The van der Waals surface area contributed by atoms with Crippen LogP contribution in [-0.2, 0) is 0 Å². The van der Waals surface area contributed by atoms with Gasteiger partial charge >= 0.3 is 0 Å². The predicted molar refractivity (Wildman–Crippen MR) is 63.5 cm³/mol. The molecule has 1 aliphatic rings. The highest BCUT2D eigenvalue weighted by Gasteiger charge is 2.22. The molecule has 1 aliphatic heterocycles. The number of nitrogens with two attached hydrogens (primary N) is 1. The summed E-state index contributed by atoms with van der Waals surface area (Å²) in [4.78, 5) is 6.45. The van der Waals surface area contributed by atoms with E-state index in [9.17, 15) is 0 Å². The van der Waals surface area contributed by atoms with E-state index in [1.807, 2.05) is 6.92 Å². The van der Waals surface area contributed by atoms with Gasteiger partial charge in [-0.05, 0) is 19.4 Å². The summed E-state index contributed by atoms with van der Waals surface area (Å²) in [6, 6.07) is 3.93. The van der Waals surface area contributed by atoms with Crippen molar-refractivity contribution in [3.8, 4) is 6.07 Å². The zero-order chi connectivity index (χ0) is 11.7. The molecule has 0 amide bonds. The van der Waals surface area contributed by atoms with Crippen molar-refractivity contribution in [1.29, 1.82) is 5.26 Å². The molecule has 16 heavy (non-hydrogen) atoms. The smallest absolute Gasteiger partial charge is 0.147 e. The molecule has 0 spiro atoms. The first-order chi connectivity index (χ1) is 7.61. The van der Waals surface area contributed by atoms with Crippen LogP contribution in [0.25, 0.3) is 0 Å². The van der Waals surface area contributed by atoms with Gasteiger partial charge < -0.3 is 10.6 Å². The Bertz CT molecular complexity index is 452. The third-order valence-corrected chi connectivity index (χ3v) is 3.07. The summed E-state index contributed by atoms with van der Waals surface area (Å²) in [6.07, 6.45) is 0.955. The molecule has 1 aromatic rings. The van der Waals surface area contributed by atoms with Crippen molar-refractivity contribution in [2.24, 2.45) is 5.73 Å². The summed E-state index contributed by atoms with van der Waals surface area (Å²) in [7, 11) is 0. The lowest BCUT2D eigenvalue weighted by molar-refractivity contribution is 0.751. The standard InChI is InChI=1S/C11H13ClN4/c1-7-8(5-13)4-10(12)11(15-7)16-3-2-9(14)6-16/h4,9H,2-3,6,14H2,1H3/t9-/m1/s1. The molecule has 4 nitrogen and oxygen atoms in total. The number of pyridine rings is 1. The van der Waals surface area contributed by atoms with Gasteiger partial charge in [-0.2, -0.15) is 5.26 Å². The predicted octanol–water partition coefficient (Wildman–Crippen LogP) is 1.45. The fraction of sp³-hybridized carbons (Fsp3) is 0.455. The van der Waals surface area contributed by atoms with E-state index in [-0.39, 0.29) is 6.04 Å². The third-order valence-electron chi connectivity index (χ3n) is 2.79. The van der Waals surface area contributed by atoms with E-state index >= 15 is 0 Å². The summed E-state index contributed by atoms with van der Waals surface area (Å²) >= 11 is 6.11. The van der Waals surface area contributed by atoms with Gasteiger partial charge in [0, 0.05) is 19.1 Å². The molecular weight excluding hydrogens is 224 g/mol. The first-order valence-corrected chi connectivity index (χ1v) is 5.57. The molecule has 1 aromatic heterocycles. The number of halogens is 1. The van der Waals surface area contributed by atoms with Crippen LogP contribution >= 0.6 is 11.6 Å². The Balaban J connectivity index is 2.36. The van der Waals surface area contributed by atoms with E-state index in [0.29, 0.717) is 16.3 Å². The van der Waals surface area contributed by atoms with Crippen molar-refractivity contribution in [1.82, 2.24) is 4.98 Å². The Morgan fingerprint density at radius 2 is 2.44 bits per heavy atom. The Kier molecular flexibility index (Phi) is 2.99. The van der Waals surface area contributed by atoms with Gasteiger partial charge in [0.05, 0.1) is 16.3 Å². The second kappa shape index (κ2) is 4.28. The minimum Gasteiger partial charge on any atom is -0.354 e. The number of aryl methyl sites for hydroxylation is 1. The zero-order valence-corrected chi connectivity index (χ0v) is 9.83. The molecule has 2 N–H and O–H groups in total. The van der Waals surface area contributed by atoms with Crippen molar-refractivity contribution in [3.05, 3.63) is 22.3 Å². The number of hydrogen-bond acceptors (Lipinski definition) is 4. The molecular formula is C11H13ClN4. The van der Waals surface area contributed by atoms with E-state index in [0.717, 1.165) is 25.3 Å². The third kappa shape index (κ3) is 1.97. The maximum atomic E-state index is 8.86. The van der Waals surface area contributed by atoms with Gasteiger partial charge in [-0.3, -0.25) is 0 Å². The Morgan fingerprint density at radius 1 is 1.69 bits per heavy atom. The average molecular weight is 237 g/mol. The minimum absolute atomic E-state index is 0.189. The topological polar surface area (TPSA) is 65.9 Å². The van der Waals surface area contributed by atoms with Crippen molar-refractivity contribution < 1.29 is 0 Å². The lowest BCUT2D eigenvalue weighted by Crippen LogP contribution is -2.27. The molecule has 1 atom stereocenters. The van der Waals surface area contributed by atoms with E-state index in [2.05, 4.69) is 16.0 Å². The normalized spacial score (nSPS) is 19.9. The lowest BCUT2D eigenvalue weighted by Gasteiger charge is -2.18. The summed E-state index contributed by atoms with van der Waals surface area (Å²) in [5.41, 5.74) is 7.08. The molecule has 0 aliphatic carbocycles. The number of rotatable bonds is 1. The van der Waals surface area contributed by atoms with E-state index in [4.69, 9.17) is 22.6 Å². The molecule has 0 saturated carbocycles. The molecule has 1 saturated heterocycles. The highest BCUT2D eigenvalue weighted by molar-refractivity contribution is 6.33. The van der Waals surface area contributed by atoms with Gasteiger partial charge in [-0.15, -0.1) is 0 Å². The van der Waals surface area contributed by atoms with Crippen LogP contribution in [0.1, 0.15) is 17.7 Å². The number of anilines is 1. The second-order valence-corrected chi connectivity index (χ2v) is 4.44. The Morgan fingerprint density at radius 3 is 3.00 bits per heavy atom. The van der Waals surface area contributed by atoms with Gasteiger partial charge in [-0.25, -0.2) is 4.98 Å². The highest BCUT2D eigenvalue weighted by Crippen LogP contribution is 2.28. The summed E-state index contributed by atoms with van der Waals surface area (Å²) in [5.74, 6) is 0.742. The average Bonchev–Trinajstić information content (AvgIpc) is 2.67. The van der Waals surface area contributed by atoms with Crippen LogP contribution in [0.5, 0.6) is 0 Å². The molecule has 0 aromatic carbocycles. The van der Waals surface area contributed by atoms with Crippen molar-refractivity contribution in [3.63, 3.8) is 0 Å². The Hall–Kier alpha value is -1.31. The molecule has 2 heterocycles. The van der Waals surface area contributed by atoms with Gasteiger partial charge in [0.2, 0.25) is 0 Å². The van der Waals surface area contributed by atoms with Crippen LogP contribution in [0.4, 0.5) is 5.82 Å². The molecule has 1 fully saturated rings. The van der Waals surface area contributed by atoms with E-state index in [1.54, 1.807) is 6.07 Å². The number of nitrogens with zero attached hydrogens (tertiary/aromatic N) is 3. The molecule has 2 rings (SSSR count). The summed E-state index contributed by atoms with van der Waals surface area (Å²) < 4.78 is 0. The van der Waals surface area contributed by atoms with Gasteiger partial charge in [0.25, 0.3) is 0 Å². The SMILES string of the molecule is Cc1nc(N2CC[C@@H](N)C2)c(Cl)cc1C#N. The quantitative estimate of drug-likeness (QED) is 0.802. The van der Waals surface area contributed by atoms with Crippen molar-refractivity contribution in [2.45, 2.75) is 19.4 Å². The zero-order valence-electron chi connectivity index (χ0n) is 9.07. The fourth-order valence-corrected chi connectivity index (χ4v) is 2.15. The minimum atomic E-state index is 0.189. The molecule has 84 valence electrons. The van der Waals surface area contributed by atoms with Crippen molar-refractivity contribution >= 4 is 17.4 Å². The number of nitriles is 1.